The minimum atomic E-state index is -0.418. The van der Waals surface area contributed by atoms with Gasteiger partial charge in [0.05, 0.1) is 12.6 Å². The molecular formula is C25H28N4O2. The molecule has 0 saturated heterocycles. The molecule has 0 radical (unpaired) electrons. The van der Waals surface area contributed by atoms with Gasteiger partial charge in [0.25, 0.3) is 5.91 Å². The highest BCUT2D eigenvalue weighted by molar-refractivity contribution is 5.97. The highest BCUT2D eigenvalue weighted by Crippen LogP contribution is 2.26. The van der Waals surface area contributed by atoms with Crippen molar-refractivity contribution in [3.63, 3.8) is 0 Å². The van der Waals surface area contributed by atoms with Crippen molar-refractivity contribution in [1.29, 1.82) is 5.26 Å². The second-order valence-electron chi connectivity index (χ2n) is 7.40. The Hall–Kier alpha value is -3.72. The van der Waals surface area contributed by atoms with Crippen molar-refractivity contribution >= 4 is 16.8 Å². The molecule has 1 heterocycles. The van der Waals surface area contributed by atoms with Crippen molar-refractivity contribution in [3.05, 3.63) is 77.1 Å². The third kappa shape index (κ3) is 5.46. The van der Waals surface area contributed by atoms with E-state index in [0.717, 1.165) is 28.8 Å². The molecule has 2 aromatic carbocycles. The number of amides is 1. The fourth-order valence-electron chi connectivity index (χ4n) is 3.51. The first-order valence-electron chi connectivity index (χ1n) is 10.5. The van der Waals surface area contributed by atoms with Crippen molar-refractivity contribution in [1.82, 2.24) is 15.6 Å². The molecule has 6 heteroatoms. The van der Waals surface area contributed by atoms with E-state index in [1.165, 1.54) is 17.1 Å². The third-order valence-corrected chi connectivity index (χ3v) is 5.10. The molecule has 0 aliphatic heterocycles. The van der Waals surface area contributed by atoms with Gasteiger partial charge in [0.2, 0.25) is 0 Å². The van der Waals surface area contributed by atoms with Crippen LogP contribution in [0.5, 0.6) is 5.75 Å². The molecule has 3 N–H and O–H groups in total. The monoisotopic (exact) mass is 416 g/mol. The van der Waals surface area contributed by atoms with Gasteiger partial charge in [-0.15, -0.1) is 0 Å². The summed E-state index contributed by atoms with van der Waals surface area (Å²) in [4.78, 5) is 15.9. The summed E-state index contributed by atoms with van der Waals surface area (Å²) in [6.07, 6.45) is 4.25. The van der Waals surface area contributed by atoms with Gasteiger partial charge in [-0.1, -0.05) is 35.9 Å². The number of carbonyl (C=O) groups excluding carboxylic acids is 1. The lowest BCUT2D eigenvalue weighted by atomic mass is 10.0. The lowest BCUT2D eigenvalue weighted by Crippen LogP contribution is -2.29. The molecule has 1 amide bonds. The van der Waals surface area contributed by atoms with Crippen LogP contribution in [0.2, 0.25) is 0 Å². The third-order valence-electron chi connectivity index (χ3n) is 5.10. The zero-order chi connectivity index (χ0) is 22.2. The Labute approximate surface area is 182 Å². The number of aromatic amines is 1. The summed E-state index contributed by atoms with van der Waals surface area (Å²) in [5, 5.41) is 16.6. The summed E-state index contributed by atoms with van der Waals surface area (Å²) < 4.78 is 5.68. The van der Waals surface area contributed by atoms with E-state index in [1.807, 2.05) is 69.4 Å². The zero-order valence-electron chi connectivity index (χ0n) is 18.2. The molecule has 1 atom stereocenters. The number of rotatable bonds is 9. The van der Waals surface area contributed by atoms with Crippen molar-refractivity contribution < 1.29 is 9.53 Å². The van der Waals surface area contributed by atoms with Crippen molar-refractivity contribution in [3.8, 4) is 11.8 Å². The molecule has 0 saturated carbocycles. The summed E-state index contributed by atoms with van der Waals surface area (Å²) in [6, 6.07) is 15.7. The van der Waals surface area contributed by atoms with E-state index in [0.29, 0.717) is 13.2 Å². The molecule has 0 fully saturated rings. The lowest BCUT2D eigenvalue weighted by Gasteiger charge is -2.18. The zero-order valence-corrected chi connectivity index (χ0v) is 18.2. The molecule has 1 unspecified atom stereocenters. The summed E-state index contributed by atoms with van der Waals surface area (Å²) in [5.74, 6) is 0.318. The summed E-state index contributed by atoms with van der Waals surface area (Å²) in [7, 11) is 0. The van der Waals surface area contributed by atoms with Gasteiger partial charge in [-0.25, -0.2) is 0 Å². The Morgan fingerprint density at radius 2 is 2.10 bits per heavy atom. The molecule has 3 rings (SSSR count). The SMILES string of the molecule is CCOc1ccc(C)cc1C(C)NC(=O)/C(C#N)=C\NCCc1c[nH]c2ccccc12. The predicted octanol–water partition coefficient (Wildman–Crippen LogP) is 4.29. The maximum Gasteiger partial charge on any atom is 0.263 e. The van der Waals surface area contributed by atoms with Crippen LogP contribution < -0.4 is 15.4 Å². The van der Waals surface area contributed by atoms with Crippen LogP contribution in [0.15, 0.2) is 60.4 Å². The number of aromatic nitrogens is 1. The minimum Gasteiger partial charge on any atom is -0.494 e. The van der Waals surface area contributed by atoms with E-state index >= 15 is 0 Å². The quantitative estimate of drug-likeness (QED) is 0.276. The normalized spacial score (nSPS) is 12.3. The first-order chi connectivity index (χ1) is 15.0. The number of nitriles is 1. The van der Waals surface area contributed by atoms with E-state index in [2.05, 4.69) is 21.7 Å². The highest BCUT2D eigenvalue weighted by atomic mass is 16.5. The summed E-state index contributed by atoms with van der Waals surface area (Å²) >= 11 is 0. The average Bonchev–Trinajstić information content (AvgIpc) is 3.18. The molecule has 160 valence electrons. The Balaban J connectivity index is 1.60. The van der Waals surface area contributed by atoms with Gasteiger partial charge in [-0.3, -0.25) is 4.79 Å². The van der Waals surface area contributed by atoms with Crippen LogP contribution in [-0.4, -0.2) is 24.0 Å². The fraction of sp³-hybridized carbons (Fsp3) is 0.280. The lowest BCUT2D eigenvalue weighted by molar-refractivity contribution is -0.117. The number of H-pyrrole nitrogens is 1. The van der Waals surface area contributed by atoms with Gasteiger partial charge in [0, 0.05) is 35.4 Å². The van der Waals surface area contributed by atoms with Crippen LogP contribution in [0, 0.1) is 18.3 Å². The number of fused-ring (bicyclic) bond motifs is 1. The first kappa shape index (κ1) is 22.0. The molecule has 0 aliphatic carbocycles. The Kier molecular flexibility index (Phi) is 7.34. The second-order valence-corrected chi connectivity index (χ2v) is 7.40. The number of carbonyl (C=O) groups is 1. The fourth-order valence-corrected chi connectivity index (χ4v) is 3.51. The molecule has 3 aromatic rings. The van der Waals surface area contributed by atoms with Crippen LogP contribution in [0.3, 0.4) is 0 Å². The van der Waals surface area contributed by atoms with Crippen LogP contribution >= 0.6 is 0 Å². The molecule has 0 aliphatic rings. The summed E-state index contributed by atoms with van der Waals surface area (Å²) in [5.41, 5.74) is 4.29. The van der Waals surface area contributed by atoms with Crippen LogP contribution in [-0.2, 0) is 11.2 Å². The first-order valence-corrected chi connectivity index (χ1v) is 10.5. The smallest absolute Gasteiger partial charge is 0.263 e. The standard InChI is InChI=1S/C25H28N4O2/c1-4-31-24-10-9-17(2)13-22(24)18(3)29-25(30)20(14-26)15-27-12-11-19-16-28-23-8-6-5-7-21(19)23/h5-10,13,15-16,18,27-28H,4,11-12H2,1-3H3,(H,29,30)/b20-15-. The van der Waals surface area contributed by atoms with E-state index in [4.69, 9.17) is 4.74 Å². The number of benzene rings is 2. The van der Waals surface area contributed by atoms with E-state index in [9.17, 15) is 10.1 Å². The highest BCUT2D eigenvalue weighted by Gasteiger charge is 2.17. The van der Waals surface area contributed by atoms with E-state index in [1.54, 1.807) is 0 Å². The largest absolute Gasteiger partial charge is 0.494 e. The number of para-hydroxylation sites is 1. The molecule has 0 spiro atoms. The molecular weight excluding hydrogens is 388 g/mol. The van der Waals surface area contributed by atoms with Crippen LogP contribution in [0.25, 0.3) is 10.9 Å². The van der Waals surface area contributed by atoms with Gasteiger partial charge in [-0.2, -0.15) is 5.26 Å². The minimum absolute atomic E-state index is 0.0383. The van der Waals surface area contributed by atoms with Crippen molar-refractivity contribution in [2.45, 2.75) is 33.2 Å². The van der Waals surface area contributed by atoms with Crippen LogP contribution in [0.1, 0.15) is 36.6 Å². The predicted molar refractivity (Wildman–Crippen MR) is 123 cm³/mol. The van der Waals surface area contributed by atoms with Crippen molar-refractivity contribution in [2.24, 2.45) is 0 Å². The van der Waals surface area contributed by atoms with Crippen molar-refractivity contribution in [2.75, 3.05) is 13.2 Å². The molecule has 0 bridgehead atoms. The van der Waals surface area contributed by atoms with Gasteiger partial charge < -0.3 is 20.4 Å². The maximum atomic E-state index is 12.6. The van der Waals surface area contributed by atoms with Gasteiger partial charge in [0.1, 0.15) is 17.4 Å². The Morgan fingerprint density at radius 3 is 2.87 bits per heavy atom. The maximum absolute atomic E-state index is 12.6. The number of hydrogen-bond donors (Lipinski definition) is 3. The number of hydrogen-bond acceptors (Lipinski definition) is 4. The van der Waals surface area contributed by atoms with Gasteiger partial charge in [0.15, 0.2) is 0 Å². The number of ether oxygens (including phenoxy) is 1. The second kappa shape index (κ2) is 10.4. The topological polar surface area (TPSA) is 89.9 Å². The molecule has 6 nitrogen and oxygen atoms in total. The average molecular weight is 417 g/mol. The number of nitrogens with zero attached hydrogens (tertiary/aromatic N) is 1. The van der Waals surface area contributed by atoms with Gasteiger partial charge >= 0.3 is 0 Å². The number of aryl methyl sites for hydroxylation is 1. The van der Waals surface area contributed by atoms with Gasteiger partial charge in [-0.05, 0) is 44.9 Å². The molecule has 31 heavy (non-hydrogen) atoms. The van der Waals surface area contributed by atoms with Crippen LogP contribution in [0.4, 0.5) is 0 Å². The van der Waals surface area contributed by atoms with E-state index < -0.39 is 5.91 Å². The number of nitrogens with one attached hydrogen (secondary N) is 3. The molecule has 1 aromatic heterocycles. The van der Waals surface area contributed by atoms with E-state index in [-0.39, 0.29) is 11.6 Å². The summed E-state index contributed by atoms with van der Waals surface area (Å²) in [6.45, 7) is 6.95. The Morgan fingerprint density at radius 1 is 1.29 bits per heavy atom. The Bertz CT molecular complexity index is 1120.